The van der Waals surface area contributed by atoms with Gasteiger partial charge < -0.3 is 0 Å². The summed E-state index contributed by atoms with van der Waals surface area (Å²) in [6.07, 6.45) is 8.05. The largest absolute Gasteiger partial charge is 0.0622 e. The number of hydrogen-bond donors (Lipinski definition) is 0. The third kappa shape index (κ3) is 1.04. The van der Waals surface area contributed by atoms with Crippen molar-refractivity contribution in [3.05, 3.63) is 0 Å². The molecule has 5 aliphatic carbocycles. The lowest BCUT2D eigenvalue weighted by Gasteiger charge is -2.64. The van der Waals surface area contributed by atoms with Gasteiger partial charge in [-0.05, 0) is 79.4 Å². The quantitative estimate of drug-likeness (QED) is 0.560. The molecule has 5 rings (SSSR count). The minimum Gasteiger partial charge on any atom is -0.0622 e. The molecule has 5 aliphatic rings. The van der Waals surface area contributed by atoms with Crippen LogP contribution in [-0.2, 0) is 0 Å². The van der Waals surface area contributed by atoms with E-state index in [9.17, 15) is 0 Å². The molecule has 0 N–H and O–H groups in total. The average molecular weight is 204 g/mol. The maximum Gasteiger partial charge on any atom is -0.0326 e. The van der Waals surface area contributed by atoms with Gasteiger partial charge in [0.1, 0.15) is 0 Å². The first kappa shape index (κ1) is 9.07. The zero-order valence-electron chi connectivity index (χ0n) is 10.2. The highest BCUT2D eigenvalue weighted by atomic mass is 14.6. The Kier molecular flexibility index (Phi) is 1.70. The molecule has 0 aromatic carbocycles. The summed E-state index contributed by atoms with van der Waals surface area (Å²) in [6, 6.07) is 0. The molecule has 0 spiro atoms. The Morgan fingerprint density at radius 2 is 1.53 bits per heavy atom. The zero-order chi connectivity index (χ0) is 10.2. The fraction of sp³-hybridized carbons (Fsp3) is 1.00. The van der Waals surface area contributed by atoms with E-state index in [0.717, 1.165) is 35.5 Å². The van der Waals surface area contributed by atoms with Crippen LogP contribution in [0.5, 0.6) is 0 Å². The van der Waals surface area contributed by atoms with Crippen molar-refractivity contribution in [2.24, 2.45) is 47.3 Å². The van der Waals surface area contributed by atoms with Crippen molar-refractivity contribution in [3.63, 3.8) is 0 Å². The lowest BCUT2D eigenvalue weighted by molar-refractivity contribution is -0.146. The van der Waals surface area contributed by atoms with E-state index < -0.39 is 0 Å². The van der Waals surface area contributed by atoms with E-state index in [1.165, 1.54) is 11.8 Å². The molecule has 0 heteroatoms. The lowest BCUT2D eigenvalue weighted by Crippen LogP contribution is -2.56. The molecule has 0 saturated heterocycles. The molecule has 0 amide bonds. The van der Waals surface area contributed by atoms with Gasteiger partial charge >= 0.3 is 0 Å². The standard InChI is InChI=1S/C15H24/c1-8-3-13-11-4-10-5-12(7-11)15(9(8)2)14(13)6-10/h8-15H,3-7H2,1-2H3. The van der Waals surface area contributed by atoms with E-state index in [4.69, 9.17) is 0 Å². The molecule has 8 unspecified atom stereocenters. The van der Waals surface area contributed by atoms with E-state index in [-0.39, 0.29) is 0 Å². The van der Waals surface area contributed by atoms with Crippen LogP contribution >= 0.6 is 0 Å². The van der Waals surface area contributed by atoms with E-state index >= 15 is 0 Å². The summed E-state index contributed by atoms with van der Waals surface area (Å²) in [6.45, 7) is 5.09. The minimum atomic E-state index is 1.02. The van der Waals surface area contributed by atoms with Gasteiger partial charge in [0.05, 0.1) is 0 Å². The van der Waals surface area contributed by atoms with Crippen LogP contribution in [0.1, 0.15) is 46.0 Å². The van der Waals surface area contributed by atoms with Crippen molar-refractivity contribution in [2.45, 2.75) is 46.0 Å². The Bertz CT molecular complexity index is 282. The smallest absolute Gasteiger partial charge is 0.0326 e. The second-order valence-corrected chi connectivity index (χ2v) is 7.31. The van der Waals surface area contributed by atoms with Gasteiger partial charge in [-0.15, -0.1) is 0 Å². The summed E-state index contributed by atoms with van der Waals surface area (Å²) in [5.74, 6) is 9.02. The Hall–Kier alpha value is 0. The maximum absolute atomic E-state index is 2.56. The van der Waals surface area contributed by atoms with Crippen LogP contribution in [0.3, 0.4) is 0 Å². The molecule has 15 heavy (non-hydrogen) atoms. The maximum atomic E-state index is 2.56. The summed E-state index contributed by atoms with van der Waals surface area (Å²) in [5, 5.41) is 0. The predicted octanol–water partition coefficient (Wildman–Crippen LogP) is 3.96. The molecule has 6 bridgehead atoms. The average Bonchev–Trinajstić information content (AvgIpc) is 2.20. The first-order valence-electron chi connectivity index (χ1n) is 7.24. The summed E-state index contributed by atoms with van der Waals surface area (Å²) < 4.78 is 0. The fourth-order valence-electron chi connectivity index (χ4n) is 6.30. The molecular weight excluding hydrogens is 180 g/mol. The molecule has 8 atom stereocenters. The third-order valence-electron chi connectivity index (χ3n) is 6.83. The van der Waals surface area contributed by atoms with Crippen LogP contribution in [-0.4, -0.2) is 0 Å². The van der Waals surface area contributed by atoms with Crippen LogP contribution in [0, 0.1) is 47.3 Å². The molecular formula is C15H24. The van der Waals surface area contributed by atoms with Crippen LogP contribution in [0.4, 0.5) is 0 Å². The van der Waals surface area contributed by atoms with Crippen LogP contribution in [0.2, 0.25) is 0 Å². The number of rotatable bonds is 0. The van der Waals surface area contributed by atoms with Crippen molar-refractivity contribution in [1.82, 2.24) is 0 Å². The van der Waals surface area contributed by atoms with Crippen molar-refractivity contribution >= 4 is 0 Å². The summed E-state index contributed by atoms with van der Waals surface area (Å²) in [5.41, 5.74) is 0. The zero-order valence-corrected chi connectivity index (χ0v) is 10.2. The molecule has 0 aliphatic heterocycles. The molecule has 5 saturated carbocycles. The van der Waals surface area contributed by atoms with Gasteiger partial charge in [0, 0.05) is 0 Å². The topological polar surface area (TPSA) is 0 Å². The van der Waals surface area contributed by atoms with Gasteiger partial charge in [-0.1, -0.05) is 13.8 Å². The van der Waals surface area contributed by atoms with Crippen molar-refractivity contribution in [1.29, 1.82) is 0 Å². The molecule has 0 heterocycles. The summed E-state index contributed by atoms with van der Waals surface area (Å²) in [7, 11) is 0. The molecule has 0 radical (unpaired) electrons. The lowest BCUT2D eigenvalue weighted by atomic mass is 9.41. The molecule has 0 aromatic heterocycles. The van der Waals surface area contributed by atoms with Crippen molar-refractivity contribution in [2.75, 3.05) is 0 Å². The van der Waals surface area contributed by atoms with Crippen molar-refractivity contribution < 1.29 is 0 Å². The number of hydrogen-bond acceptors (Lipinski definition) is 0. The molecule has 0 nitrogen and oxygen atoms in total. The van der Waals surface area contributed by atoms with Crippen LogP contribution in [0.15, 0.2) is 0 Å². The Labute approximate surface area is 93.8 Å². The first-order valence-corrected chi connectivity index (χ1v) is 7.24. The molecule has 84 valence electrons. The normalized spacial score (nSPS) is 66.0. The highest BCUT2D eigenvalue weighted by Crippen LogP contribution is 2.65. The summed E-state index contributed by atoms with van der Waals surface area (Å²) in [4.78, 5) is 0. The van der Waals surface area contributed by atoms with E-state index in [0.29, 0.717) is 0 Å². The minimum absolute atomic E-state index is 1.02. The Morgan fingerprint density at radius 3 is 2.40 bits per heavy atom. The van der Waals surface area contributed by atoms with Crippen LogP contribution < -0.4 is 0 Å². The highest BCUT2D eigenvalue weighted by molar-refractivity contribution is 5.06. The Morgan fingerprint density at radius 1 is 0.733 bits per heavy atom. The molecule has 5 fully saturated rings. The van der Waals surface area contributed by atoms with E-state index in [2.05, 4.69) is 13.8 Å². The van der Waals surface area contributed by atoms with Gasteiger partial charge in [0.25, 0.3) is 0 Å². The van der Waals surface area contributed by atoms with E-state index in [1.54, 1.807) is 32.1 Å². The predicted molar refractivity (Wildman–Crippen MR) is 62.4 cm³/mol. The summed E-state index contributed by atoms with van der Waals surface area (Å²) >= 11 is 0. The van der Waals surface area contributed by atoms with Gasteiger partial charge in [-0.3, -0.25) is 0 Å². The fourth-order valence-corrected chi connectivity index (χ4v) is 6.30. The second-order valence-electron chi connectivity index (χ2n) is 7.31. The van der Waals surface area contributed by atoms with Crippen molar-refractivity contribution in [3.8, 4) is 0 Å². The SMILES string of the molecule is CC1CC2C3CC4CC(C3)C(C1C)C2C4. The second kappa shape index (κ2) is 2.81. The highest BCUT2D eigenvalue weighted by Gasteiger charge is 2.57. The van der Waals surface area contributed by atoms with Gasteiger partial charge in [0.2, 0.25) is 0 Å². The monoisotopic (exact) mass is 204 g/mol. The van der Waals surface area contributed by atoms with Gasteiger partial charge in [-0.2, -0.15) is 0 Å². The Balaban J connectivity index is 1.75. The first-order chi connectivity index (χ1) is 7.24. The molecule has 0 aromatic rings. The third-order valence-corrected chi connectivity index (χ3v) is 6.83. The van der Waals surface area contributed by atoms with Crippen LogP contribution in [0.25, 0.3) is 0 Å². The van der Waals surface area contributed by atoms with Gasteiger partial charge in [0.15, 0.2) is 0 Å². The van der Waals surface area contributed by atoms with E-state index in [1.807, 2.05) is 0 Å². The van der Waals surface area contributed by atoms with Gasteiger partial charge in [-0.25, -0.2) is 0 Å².